The van der Waals surface area contributed by atoms with E-state index in [2.05, 4.69) is 15.7 Å². The smallest absolute Gasteiger partial charge is 0.251 e. The Labute approximate surface area is 123 Å². The van der Waals surface area contributed by atoms with Gasteiger partial charge in [0.1, 0.15) is 0 Å². The van der Waals surface area contributed by atoms with Crippen molar-refractivity contribution in [3.8, 4) is 0 Å². The van der Waals surface area contributed by atoms with Crippen LogP contribution in [0.15, 0.2) is 36.7 Å². The van der Waals surface area contributed by atoms with Gasteiger partial charge in [0, 0.05) is 31.0 Å². The summed E-state index contributed by atoms with van der Waals surface area (Å²) in [6.45, 7) is 2.15. The molecule has 0 radical (unpaired) electrons. The lowest BCUT2D eigenvalue weighted by Gasteiger charge is -2.08. The van der Waals surface area contributed by atoms with Gasteiger partial charge in [-0.05, 0) is 31.5 Å². The fourth-order valence-electron chi connectivity index (χ4n) is 1.89. The lowest BCUT2D eigenvalue weighted by Crippen LogP contribution is -2.26. The summed E-state index contributed by atoms with van der Waals surface area (Å²) < 4.78 is 1.70. The van der Waals surface area contributed by atoms with Gasteiger partial charge in [-0.15, -0.1) is 0 Å². The molecule has 1 heterocycles. The lowest BCUT2D eigenvalue weighted by atomic mass is 10.2. The van der Waals surface area contributed by atoms with E-state index < -0.39 is 6.10 Å². The van der Waals surface area contributed by atoms with Gasteiger partial charge in [-0.1, -0.05) is 6.07 Å². The minimum atomic E-state index is -0.413. The normalized spacial score (nSPS) is 12.0. The van der Waals surface area contributed by atoms with Crippen molar-refractivity contribution in [2.24, 2.45) is 7.05 Å². The summed E-state index contributed by atoms with van der Waals surface area (Å²) in [7, 11) is 1.84. The zero-order valence-corrected chi connectivity index (χ0v) is 12.2. The molecule has 112 valence electrons. The van der Waals surface area contributed by atoms with Crippen molar-refractivity contribution in [2.45, 2.75) is 19.4 Å². The number of carbonyl (C=O) groups excluding carboxylic acids is 1. The monoisotopic (exact) mass is 288 g/mol. The number of amides is 1. The minimum Gasteiger partial charge on any atom is -0.393 e. The maximum atomic E-state index is 12.0. The van der Waals surface area contributed by atoms with E-state index in [1.807, 2.05) is 25.4 Å². The number of aliphatic hydroxyl groups is 1. The maximum Gasteiger partial charge on any atom is 0.251 e. The van der Waals surface area contributed by atoms with E-state index in [-0.39, 0.29) is 5.91 Å². The van der Waals surface area contributed by atoms with Gasteiger partial charge in [0.2, 0.25) is 0 Å². The first-order chi connectivity index (χ1) is 10.0. The van der Waals surface area contributed by atoms with Crippen LogP contribution in [0.5, 0.6) is 0 Å². The number of nitrogens with zero attached hydrogens (tertiary/aromatic N) is 2. The second kappa shape index (κ2) is 6.90. The molecule has 21 heavy (non-hydrogen) atoms. The van der Waals surface area contributed by atoms with E-state index in [1.54, 1.807) is 29.9 Å². The Morgan fingerprint density at radius 1 is 1.43 bits per heavy atom. The van der Waals surface area contributed by atoms with Crippen LogP contribution in [-0.2, 0) is 7.05 Å². The van der Waals surface area contributed by atoms with Gasteiger partial charge in [0.25, 0.3) is 5.91 Å². The molecule has 1 aromatic carbocycles. The zero-order chi connectivity index (χ0) is 15.2. The number of anilines is 2. The summed E-state index contributed by atoms with van der Waals surface area (Å²) >= 11 is 0. The highest BCUT2D eigenvalue weighted by molar-refractivity contribution is 5.95. The van der Waals surface area contributed by atoms with E-state index in [0.717, 1.165) is 11.4 Å². The summed E-state index contributed by atoms with van der Waals surface area (Å²) in [6.07, 6.45) is 3.70. The molecule has 0 saturated heterocycles. The van der Waals surface area contributed by atoms with Gasteiger partial charge in [0.05, 0.1) is 18.0 Å². The van der Waals surface area contributed by atoms with Crippen LogP contribution in [0.3, 0.4) is 0 Å². The molecule has 0 aliphatic carbocycles. The van der Waals surface area contributed by atoms with Gasteiger partial charge in [-0.3, -0.25) is 9.48 Å². The number of carbonyl (C=O) groups is 1. The molecule has 2 rings (SSSR count). The third kappa shape index (κ3) is 4.61. The first-order valence-corrected chi connectivity index (χ1v) is 6.86. The van der Waals surface area contributed by atoms with E-state index in [4.69, 9.17) is 0 Å². The molecule has 0 spiro atoms. The Balaban J connectivity index is 1.98. The number of benzene rings is 1. The Kier molecular flexibility index (Phi) is 4.94. The second-order valence-corrected chi connectivity index (χ2v) is 5.00. The Hall–Kier alpha value is -2.34. The summed E-state index contributed by atoms with van der Waals surface area (Å²) in [5.74, 6) is -0.148. The Bertz CT molecular complexity index is 607. The third-order valence-corrected chi connectivity index (χ3v) is 2.97. The number of rotatable bonds is 6. The molecule has 1 aromatic heterocycles. The molecule has 1 atom stereocenters. The van der Waals surface area contributed by atoms with Gasteiger partial charge in [-0.25, -0.2) is 0 Å². The number of nitrogens with one attached hydrogen (secondary N) is 2. The standard InChI is InChI=1S/C15H20N4O2/c1-11(20)6-7-16-15(21)12-4-3-5-13(8-12)18-14-9-17-19(2)10-14/h3-5,8-11,18,20H,6-7H2,1-2H3,(H,16,21). The predicted molar refractivity (Wildman–Crippen MR) is 81.6 cm³/mol. The molecule has 0 fully saturated rings. The molecular formula is C15H20N4O2. The average Bonchev–Trinajstić information content (AvgIpc) is 2.84. The molecule has 6 heteroatoms. The Morgan fingerprint density at radius 2 is 2.24 bits per heavy atom. The summed E-state index contributed by atoms with van der Waals surface area (Å²) in [5, 5.41) is 19.2. The predicted octanol–water partition coefficient (Wildman–Crippen LogP) is 1.66. The van der Waals surface area contributed by atoms with Crippen molar-refractivity contribution in [1.29, 1.82) is 0 Å². The number of hydrogen-bond acceptors (Lipinski definition) is 4. The molecule has 0 saturated carbocycles. The van der Waals surface area contributed by atoms with Gasteiger partial charge in [0.15, 0.2) is 0 Å². The fourth-order valence-corrected chi connectivity index (χ4v) is 1.89. The fraction of sp³-hybridized carbons (Fsp3) is 0.333. The van der Waals surface area contributed by atoms with Crippen molar-refractivity contribution in [1.82, 2.24) is 15.1 Å². The highest BCUT2D eigenvalue weighted by Gasteiger charge is 2.07. The molecular weight excluding hydrogens is 268 g/mol. The van der Waals surface area contributed by atoms with E-state index in [1.165, 1.54) is 0 Å². The van der Waals surface area contributed by atoms with Crippen molar-refractivity contribution in [3.05, 3.63) is 42.2 Å². The summed E-state index contributed by atoms with van der Waals surface area (Å²) in [4.78, 5) is 12.0. The lowest BCUT2D eigenvalue weighted by molar-refractivity contribution is 0.0945. The van der Waals surface area contributed by atoms with Crippen LogP contribution >= 0.6 is 0 Å². The van der Waals surface area contributed by atoms with Crippen LogP contribution in [0.2, 0.25) is 0 Å². The number of hydrogen-bond donors (Lipinski definition) is 3. The number of aromatic nitrogens is 2. The zero-order valence-electron chi connectivity index (χ0n) is 12.2. The minimum absolute atomic E-state index is 0.148. The van der Waals surface area contributed by atoms with Crippen molar-refractivity contribution < 1.29 is 9.90 Å². The van der Waals surface area contributed by atoms with Crippen LogP contribution in [-0.4, -0.2) is 33.4 Å². The topological polar surface area (TPSA) is 79.2 Å². The van der Waals surface area contributed by atoms with Crippen LogP contribution in [0.1, 0.15) is 23.7 Å². The first kappa shape index (κ1) is 15.1. The second-order valence-electron chi connectivity index (χ2n) is 5.00. The maximum absolute atomic E-state index is 12.0. The summed E-state index contributed by atoms with van der Waals surface area (Å²) in [5.41, 5.74) is 2.27. The van der Waals surface area contributed by atoms with E-state index in [9.17, 15) is 9.90 Å². The first-order valence-electron chi connectivity index (χ1n) is 6.86. The molecule has 0 aliphatic heterocycles. The van der Waals surface area contributed by atoms with Crippen molar-refractivity contribution in [2.75, 3.05) is 11.9 Å². The van der Waals surface area contributed by atoms with Crippen LogP contribution in [0, 0.1) is 0 Å². The van der Waals surface area contributed by atoms with Gasteiger partial charge in [-0.2, -0.15) is 5.10 Å². The molecule has 0 bridgehead atoms. The largest absolute Gasteiger partial charge is 0.393 e. The molecule has 2 aromatic rings. The average molecular weight is 288 g/mol. The highest BCUT2D eigenvalue weighted by atomic mass is 16.3. The molecule has 0 aliphatic rings. The van der Waals surface area contributed by atoms with E-state index in [0.29, 0.717) is 18.5 Å². The Morgan fingerprint density at radius 3 is 2.90 bits per heavy atom. The molecule has 1 unspecified atom stereocenters. The van der Waals surface area contributed by atoms with Crippen LogP contribution < -0.4 is 10.6 Å². The SMILES string of the molecule is CC(O)CCNC(=O)c1cccc(Nc2cnn(C)c2)c1. The highest BCUT2D eigenvalue weighted by Crippen LogP contribution is 2.16. The van der Waals surface area contributed by atoms with E-state index >= 15 is 0 Å². The summed E-state index contributed by atoms with van der Waals surface area (Å²) in [6, 6.07) is 7.25. The van der Waals surface area contributed by atoms with Crippen LogP contribution in [0.4, 0.5) is 11.4 Å². The number of aryl methyl sites for hydroxylation is 1. The molecule has 3 N–H and O–H groups in total. The molecule has 1 amide bonds. The quantitative estimate of drug-likeness (QED) is 0.755. The molecule has 6 nitrogen and oxygen atoms in total. The number of aliphatic hydroxyl groups excluding tert-OH is 1. The van der Waals surface area contributed by atoms with Crippen molar-refractivity contribution in [3.63, 3.8) is 0 Å². The van der Waals surface area contributed by atoms with Crippen molar-refractivity contribution >= 4 is 17.3 Å². The van der Waals surface area contributed by atoms with Crippen LogP contribution in [0.25, 0.3) is 0 Å². The third-order valence-electron chi connectivity index (χ3n) is 2.97. The van der Waals surface area contributed by atoms with Gasteiger partial charge >= 0.3 is 0 Å². The van der Waals surface area contributed by atoms with Gasteiger partial charge < -0.3 is 15.7 Å².